The fourth-order valence-electron chi connectivity index (χ4n) is 2.14. The molecule has 4 heteroatoms. The van der Waals surface area contributed by atoms with Crippen molar-refractivity contribution in [2.24, 2.45) is 15.8 Å². The molecule has 1 rings (SSSR count). The largest absolute Gasteiger partial charge is 0.396 e. The second-order valence-corrected chi connectivity index (χ2v) is 5.01. The fourth-order valence-corrected chi connectivity index (χ4v) is 2.14. The number of hydrogen-bond donors (Lipinski definition) is 1. The lowest BCUT2D eigenvalue weighted by molar-refractivity contribution is 0.331. The maximum atomic E-state index is 6.13. The molecule has 0 unspecified atom stereocenters. The summed E-state index contributed by atoms with van der Waals surface area (Å²) in [4.78, 5) is 4.45. The van der Waals surface area contributed by atoms with E-state index >= 15 is 0 Å². The van der Waals surface area contributed by atoms with Crippen molar-refractivity contribution in [1.82, 2.24) is 5.01 Å². The van der Waals surface area contributed by atoms with Gasteiger partial charge in [-0.3, -0.25) is 0 Å². The molecule has 0 spiro atoms. The van der Waals surface area contributed by atoms with E-state index in [4.69, 9.17) is 5.73 Å². The molecule has 1 aliphatic carbocycles. The van der Waals surface area contributed by atoms with E-state index in [0.29, 0.717) is 17.6 Å². The molecular formula is C14H24N4. The van der Waals surface area contributed by atoms with Crippen molar-refractivity contribution in [3.05, 3.63) is 23.5 Å². The molecule has 18 heavy (non-hydrogen) atoms. The Morgan fingerprint density at radius 2 is 1.78 bits per heavy atom. The third-order valence-electron chi connectivity index (χ3n) is 3.12. The molecule has 0 aromatic carbocycles. The molecule has 100 valence electrons. The summed E-state index contributed by atoms with van der Waals surface area (Å²) >= 11 is 0. The highest BCUT2D eigenvalue weighted by atomic mass is 15.5. The second-order valence-electron chi connectivity index (χ2n) is 5.01. The first-order chi connectivity index (χ1) is 8.47. The number of allylic oxidation sites excluding steroid dienone is 2. The molecule has 0 saturated heterocycles. The van der Waals surface area contributed by atoms with E-state index in [2.05, 4.69) is 23.4 Å². The first-order valence-corrected chi connectivity index (χ1v) is 6.40. The molecule has 0 atom stereocenters. The molecular weight excluding hydrogens is 224 g/mol. The van der Waals surface area contributed by atoms with Crippen molar-refractivity contribution in [3.8, 4) is 0 Å². The number of amidine groups is 1. The molecule has 0 aromatic heterocycles. The Balaban J connectivity index is 3.11. The minimum atomic E-state index is 0.360. The molecule has 0 aliphatic heterocycles. The van der Waals surface area contributed by atoms with Gasteiger partial charge in [0.05, 0.1) is 11.7 Å². The lowest BCUT2D eigenvalue weighted by Gasteiger charge is -2.27. The summed E-state index contributed by atoms with van der Waals surface area (Å²) in [6.45, 7) is 13.3. The standard InChI is InChI=1S/C14H24N4/c1-10(2)13(15)14(17-11(3)4)18(16-5)12-8-6-7-9-12/h12H,3,5-9,15H2,1-2,4H3. The van der Waals surface area contributed by atoms with E-state index in [1.165, 1.54) is 12.8 Å². The minimum Gasteiger partial charge on any atom is -0.396 e. The van der Waals surface area contributed by atoms with Gasteiger partial charge in [-0.05, 0) is 39.2 Å². The van der Waals surface area contributed by atoms with E-state index in [9.17, 15) is 0 Å². The number of hydrazone groups is 1. The van der Waals surface area contributed by atoms with Gasteiger partial charge in [0.1, 0.15) is 0 Å². The van der Waals surface area contributed by atoms with Gasteiger partial charge in [0.15, 0.2) is 5.84 Å². The Morgan fingerprint density at radius 1 is 1.22 bits per heavy atom. The smallest absolute Gasteiger partial charge is 0.172 e. The Kier molecular flexibility index (Phi) is 5.13. The predicted octanol–water partition coefficient (Wildman–Crippen LogP) is 3.03. The molecule has 0 aromatic rings. The SMILES string of the molecule is C=NN(C(=NC(=C)C)C(N)=C(C)C)C1CCCC1. The normalized spacial score (nSPS) is 16.5. The molecule has 1 fully saturated rings. The van der Waals surface area contributed by atoms with E-state index in [1.807, 2.05) is 25.8 Å². The van der Waals surface area contributed by atoms with Gasteiger partial charge in [-0.1, -0.05) is 19.4 Å². The predicted molar refractivity (Wildman–Crippen MR) is 78.5 cm³/mol. The summed E-state index contributed by atoms with van der Waals surface area (Å²) in [6, 6.07) is 0.360. The summed E-state index contributed by atoms with van der Waals surface area (Å²) in [5.41, 5.74) is 8.55. The van der Waals surface area contributed by atoms with Crippen molar-refractivity contribution in [1.29, 1.82) is 0 Å². The molecule has 1 saturated carbocycles. The summed E-state index contributed by atoms with van der Waals surface area (Å²) in [5.74, 6) is 0.685. The summed E-state index contributed by atoms with van der Waals surface area (Å²) in [5, 5.41) is 5.99. The van der Waals surface area contributed by atoms with Crippen LogP contribution >= 0.6 is 0 Å². The highest BCUT2D eigenvalue weighted by molar-refractivity contribution is 5.98. The number of rotatable bonds is 4. The van der Waals surface area contributed by atoms with Crippen molar-refractivity contribution >= 4 is 12.6 Å². The summed E-state index contributed by atoms with van der Waals surface area (Å²) in [6.07, 6.45) is 4.69. The highest BCUT2D eigenvalue weighted by Crippen LogP contribution is 2.25. The zero-order valence-corrected chi connectivity index (χ0v) is 11.7. The topological polar surface area (TPSA) is 54.0 Å². The maximum Gasteiger partial charge on any atom is 0.172 e. The highest BCUT2D eigenvalue weighted by Gasteiger charge is 2.26. The quantitative estimate of drug-likeness (QED) is 0.472. The van der Waals surface area contributed by atoms with E-state index in [-0.39, 0.29) is 0 Å². The van der Waals surface area contributed by atoms with Crippen LogP contribution in [0.3, 0.4) is 0 Å². The Hall–Kier alpha value is -1.58. The Morgan fingerprint density at radius 3 is 2.17 bits per heavy atom. The average Bonchev–Trinajstić information content (AvgIpc) is 2.80. The molecule has 1 aliphatic rings. The van der Waals surface area contributed by atoms with Crippen LogP contribution in [0.25, 0.3) is 0 Å². The second kappa shape index (κ2) is 6.38. The van der Waals surface area contributed by atoms with Crippen LogP contribution < -0.4 is 5.73 Å². The van der Waals surface area contributed by atoms with Gasteiger partial charge < -0.3 is 5.73 Å². The van der Waals surface area contributed by atoms with E-state index in [0.717, 1.165) is 24.1 Å². The van der Waals surface area contributed by atoms with Crippen LogP contribution in [0.15, 0.2) is 33.6 Å². The van der Waals surface area contributed by atoms with Crippen molar-refractivity contribution in [3.63, 3.8) is 0 Å². The van der Waals surface area contributed by atoms with E-state index < -0.39 is 0 Å². The van der Waals surface area contributed by atoms with Gasteiger partial charge in [-0.25, -0.2) is 10.0 Å². The third-order valence-corrected chi connectivity index (χ3v) is 3.12. The first-order valence-electron chi connectivity index (χ1n) is 6.40. The van der Waals surface area contributed by atoms with Crippen molar-refractivity contribution in [2.75, 3.05) is 0 Å². The third kappa shape index (κ3) is 3.45. The number of hydrogen-bond acceptors (Lipinski definition) is 3. The molecule has 4 nitrogen and oxygen atoms in total. The number of aliphatic imine (C=N–C) groups is 1. The maximum absolute atomic E-state index is 6.13. The number of nitrogens with zero attached hydrogens (tertiary/aromatic N) is 3. The number of nitrogens with two attached hydrogens (primary N) is 1. The Bertz CT molecular complexity index is 383. The van der Waals surface area contributed by atoms with Crippen molar-refractivity contribution < 1.29 is 0 Å². The van der Waals surface area contributed by atoms with Crippen LogP contribution in [0.5, 0.6) is 0 Å². The van der Waals surface area contributed by atoms with E-state index in [1.54, 1.807) is 0 Å². The molecule has 2 N–H and O–H groups in total. The van der Waals surface area contributed by atoms with Crippen LogP contribution in [0, 0.1) is 0 Å². The van der Waals surface area contributed by atoms with Crippen LogP contribution in [-0.4, -0.2) is 23.6 Å². The van der Waals surface area contributed by atoms with Gasteiger partial charge in [-0.2, -0.15) is 5.10 Å². The molecule has 0 heterocycles. The first kappa shape index (κ1) is 14.5. The summed E-state index contributed by atoms with van der Waals surface area (Å²) in [7, 11) is 0. The monoisotopic (exact) mass is 248 g/mol. The Labute approximate surface area is 110 Å². The van der Waals surface area contributed by atoms with Crippen LogP contribution in [-0.2, 0) is 0 Å². The molecule has 0 radical (unpaired) electrons. The van der Waals surface area contributed by atoms with Gasteiger partial charge in [0.2, 0.25) is 0 Å². The minimum absolute atomic E-state index is 0.360. The van der Waals surface area contributed by atoms with Crippen LogP contribution in [0.1, 0.15) is 46.5 Å². The zero-order chi connectivity index (χ0) is 13.7. The molecule has 0 bridgehead atoms. The van der Waals surface area contributed by atoms with Gasteiger partial charge in [0.25, 0.3) is 0 Å². The van der Waals surface area contributed by atoms with Gasteiger partial charge in [0, 0.05) is 12.4 Å². The van der Waals surface area contributed by atoms with Gasteiger partial charge in [-0.15, -0.1) is 0 Å². The summed E-state index contributed by atoms with van der Waals surface area (Å²) < 4.78 is 0. The van der Waals surface area contributed by atoms with Gasteiger partial charge >= 0.3 is 0 Å². The van der Waals surface area contributed by atoms with Crippen LogP contribution in [0.2, 0.25) is 0 Å². The molecule has 0 amide bonds. The lowest BCUT2D eigenvalue weighted by Crippen LogP contribution is -2.37. The zero-order valence-electron chi connectivity index (χ0n) is 11.7. The lowest BCUT2D eigenvalue weighted by atomic mass is 10.2. The fraction of sp³-hybridized carbons (Fsp3) is 0.571. The average molecular weight is 248 g/mol. The van der Waals surface area contributed by atoms with Crippen molar-refractivity contribution in [2.45, 2.75) is 52.5 Å². The van der Waals surface area contributed by atoms with Crippen LogP contribution in [0.4, 0.5) is 0 Å².